The van der Waals surface area contributed by atoms with Crippen LogP contribution in [0.3, 0.4) is 0 Å². The van der Waals surface area contributed by atoms with Crippen LogP contribution in [0.4, 0.5) is 5.69 Å². The Labute approximate surface area is 149 Å². The first-order chi connectivity index (χ1) is 11.4. The highest BCUT2D eigenvalue weighted by Gasteiger charge is 2.14. The van der Waals surface area contributed by atoms with E-state index in [9.17, 15) is 9.59 Å². The maximum Gasteiger partial charge on any atom is 0.338 e. The molecule has 0 aliphatic heterocycles. The largest absolute Gasteiger partial charge is 0.496 e. The fourth-order valence-corrected chi connectivity index (χ4v) is 2.39. The first kappa shape index (κ1) is 18.0. The minimum absolute atomic E-state index is 0.180. The van der Waals surface area contributed by atoms with Crippen LogP contribution >= 0.6 is 15.9 Å². The Morgan fingerprint density at radius 1 is 1.08 bits per heavy atom. The molecule has 1 N–H and O–H groups in total. The fraction of sp³-hybridized carbons (Fsp3) is 0.222. The van der Waals surface area contributed by atoms with Crippen molar-refractivity contribution in [2.75, 3.05) is 12.4 Å². The maximum absolute atomic E-state index is 12.4. The summed E-state index contributed by atoms with van der Waals surface area (Å²) in [4.78, 5) is 24.2. The van der Waals surface area contributed by atoms with Crippen molar-refractivity contribution >= 4 is 33.5 Å². The Morgan fingerprint density at radius 2 is 1.75 bits per heavy atom. The van der Waals surface area contributed by atoms with E-state index in [0.717, 1.165) is 4.47 Å². The molecule has 0 radical (unpaired) electrons. The number of anilines is 1. The number of benzene rings is 2. The quantitative estimate of drug-likeness (QED) is 0.772. The number of ether oxygens (including phenoxy) is 2. The molecule has 24 heavy (non-hydrogen) atoms. The van der Waals surface area contributed by atoms with E-state index < -0.39 is 5.97 Å². The number of nitrogens with one attached hydrogen (secondary N) is 1. The third kappa shape index (κ3) is 4.58. The number of carbonyl (C=O) groups excluding carboxylic acids is 2. The van der Waals surface area contributed by atoms with Gasteiger partial charge in [0.1, 0.15) is 5.75 Å². The van der Waals surface area contributed by atoms with E-state index >= 15 is 0 Å². The Kier molecular flexibility index (Phi) is 5.98. The number of halogens is 1. The second-order valence-electron chi connectivity index (χ2n) is 5.33. The first-order valence-electron chi connectivity index (χ1n) is 7.36. The predicted molar refractivity (Wildman–Crippen MR) is 95.6 cm³/mol. The Bertz CT molecular complexity index is 741. The van der Waals surface area contributed by atoms with Crippen LogP contribution in [0.2, 0.25) is 0 Å². The van der Waals surface area contributed by atoms with Gasteiger partial charge in [0.05, 0.1) is 24.3 Å². The number of carbonyl (C=O) groups is 2. The molecule has 1 amide bonds. The molecule has 0 unspecified atom stereocenters. The van der Waals surface area contributed by atoms with Gasteiger partial charge in [-0.3, -0.25) is 4.79 Å². The van der Waals surface area contributed by atoms with Gasteiger partial charge in [-0.15, -0.1) is 0 Å². The van der Waals surface area contributed by atoms with E-state index in [1.54, 1.807) is 56.3 Å². The molecule has 0 bridgehead atoms. The number of hydrogen-bond donors (Lipinski definition) is 1. The zero-order valence-electron chi connectivity index (χ0n) is 13.6. The number of rotatable bonds is 5. The van der Waals surface area contributed by atoms with Gasteiger partial charge >= 0.3 is 5.97 Å². The normalized spacial score (nSPS) is 10.4. The molecule has 0 heterocycles. The predicted octanol–water partition coefficient (Wildman–Crippen LogP) is 4.28. The average molecular weight is 392 g/mol. The standard InChI is InChI=1S/C18H18BrNO4/c1-11(2)24-18(22)12-4-7-14(8-5-12)20-17(21)15-10-13(19)6-9-16(15)23-3/h4-11H,1-3H3,(H,20,21). The van der Waals surface area contributed by atoms with Crippen molar-refractivity contribution in [3.05, 3.63) is 58.1 Å². The molecule has 126 valence electrons. The van der Waals surface area contributed by atoms with Crippen LogP contribution < -0.4 is 10.1 Å². The third-order valence-corrected chi connectivity index (χ3v) is 3.62. The van der Waals surface area contributed by atoms with E-state index in [0.29, 0.717) is 22.6 Å². The summed E-state index contributed by atoms with van der Waals surface area (Å²) in [5.41, 5.74) is 1.42. The lowest BCUT2D eigenvalue weighted by atomic mass is 10.1. The van der Waals surface area contributed by atoms with Gasteiger partial charge < -0.3 is 14.8 Å². The van der Waals surface area contributed by atoms with Gasteiger partial charge in [-0.25, -0.2) is 4.79 Å². The van der Waals surface area contributed by atoms with Crippen molar-refractivity contribution in [3.63, 3.8) is 0 Å². The van der Waals surface area contributed by atoms with E-state index in [-0.39, 0.29) is 12.0 Å². The Hall–Kier alpha value is -2.34. The van der Waals surface area contributed by atoms with Crippen molar-refractivity contribution in [1.29, 1.82) is 0 Å². The SMILES string of the molecule is COc1ccc(Br)cc1C(=O)Nc1ccc(C(=O)OC(C)C)cc1. The minimum atomic E-state index is -0.392. The zero-order chi connectivity index (χ0) is 17.7. The highest BCUT2D eigenvalue weighted by molar-refractivity contribution is 9.10. The lowest BCUT2D eigenvalue weighted by molar-refractivity contribution is 0.0378. The van der Waals surface area contributed by atoms with Crippen molar-refractivity contribution < 1.29 is 19.1 Å². The van der Waals surface area contributed by atoms with Crippen LogP contribution in [0.15, 0.2) is 46.9 Å². The fourth-order valence-electron chi connectivity index (χ4n) is 2.03. The van der Waals surface area contributed by atoms with Crippen LogP contribution in [0.5, 0.6) is 5.75 Å². The minimum Gasteiger partial charge on any atom is -0.496 e. The monoisotopic (exact) mass is 391 g/mol. The van der Waals surface area contributed by atoms with E-state index in [1.165, 1.54) is 7.11 Å². The average Bonchev–Trinajstić information content (AvgIpc) is 2.54. The second-order valence-corrected chi connectivity index (χ2v) is 6.25. The van der Waals surface area contributed by atoms with Gasteiger partial charge in [0, 0.05) is 10.2 Å². The highest BCUT2D eigenvalue weighted by atomic mass is 79.9. The summed E-state index contributed by atoms with van der Waals surface area (Å²) in [6, 6.07) is 11.7. The summed E-state index contributed by atoms with van der Waals surface area (Å²) in [5.74, 6) is -0.213. The summed E-state index contributed by atoms with van der Waals surface area (Å²) in [7, 11) is 1.51. The van der Waals surface area contributed by atoms with Gasteiger partial charge in [-0.05, 0) is 56.3 Å². The smallest absolute Gasteiger partial charge is 0.338 e. The molecule has 5 nitrogen and oxygen atoms in total. The molecule has 2 aromatic rings. The molecular formula is C18H18BrNO4. The molecule has 0 spiro atoms. The molecule has 2 aromatic carbocycles. The first-order valence-corrected chi connectivity index (χ1v) is 8.16. The van der Waals surface area contributed by atoms with Gasteiger partial charge in [0.2, 0.25) is 0 Å². The van der Waals surface area contributed by atoms with E-state index in [4.69, 9.17) is 9.47 Å². The second kappa shape index (κ2) is 7.97. The maximum atomic E-state index is 12.4. The van der Waals surface area contributed by atoms with Crippen LogP contribution in [-0.2, 0) is 4.74 Å². The van der Waals surface area contributed by atoms with Crippen LogP contribution in [0, 0.1) is 0 Å². The third-order valence-electron chi connectivity index (χ3n) is 3.13. The molecule has 6 heteroatoms. The van der Waals surface area contributed by atoms with Crippen molar-refractivity contribution in [2.45, 2.75) is 20.0 Å². The van der Waals surface area contributed by atoms with E-state index in [1.807, 2.05) is 0 Å². The molecule has 0 aromatic heterocycles. The van der Waals surface area contributed by atoms with Gasteiger partial charge in [0.25, 0.3) is 5.91 Å². The van der Waals surface area contributed by atoms with Crippen molar-refractivity contribution in [3.8, 4) is 5.75 Å². The topological polar surface area (TPSA) is 64.6 Å². The van der Waals surface area contributed by atoms with Crippen molar-refractivity contribution in [1.82, 2.24) is 0 Å². The lowest BCUT2D eigenvalue weighted by Crippen LogP contribution is -2.14. The molecule has 0 aliphatic rings. The number of esters is 1. The number of amides is 1. The Balaban J connectivity index is 2.13. The summed E-state index contributed by atoms with van der Waals surface area (Å²) in [6.45, 7) is 3.58. The van der Waals surface area contributed by atoms with E-state index in [2.05, 4.69) is 21.2 Å². The molecule has 0 saturated carbocycles. The molecule has 2 rings (SSSR count). The van der Waals surface area contributed by atoms with Crippen LogP contribution in [0.1, 0.15) is 34.6 Å². The van der Waals surface area contributed by atoms with Gasteiger partial charge in [-0.2, -0.15) is 0 Å². The molecule has 0 fully saturated rings. The lowest BCUT2D eigenvalue weighted by Gasteiger charge is -2.11. The highest BCUT2D eigenvalue weighted by Crippen LogP contribution is 2.24. The number of hydrogen-bond acceptors (Lipinski definition) is 4. The summed E-state index contributed by atoms with van der Waals surface area (Å²) >= 11 is 3.34. The van der Waals surface area contributed by atoms with Gasteiger partial charge in [0.15, 0.2) is 0 Å². The summed E-state index contributed by atoms with van der Waals surface area (Å²) < 4.78 is 11.1. The van der Waals surface area contributed by atoms with Crippen LogP contribution in [-0.4, -0.2) is 25.1 Å². The Morgan fingerprint density at radius 3 is 2.33 bits per heavy atom. The zero-order valence-corrected chi connectivity index (χ0v) is 15.2. The summed E-state index contributed by atoms with van der Waals surface area (Å²) in [6.07, 6.45) is -0.180. The molecule has 0 atom stereocenters. The summed E-state index contributed by atoms with van der Waals surface area (Å²) in [5, 5.41) is 2.78. The molecule has 0 aliphatic carbocycles. The number of methoxy groups -OCH3 is 1. The molecular weight excluding hydrogens is 374 g/mol. The van der Waals surface area contributed by atoms with Gasteiger partial charge in [-0.1, -0.05) is 15.9 Å². The van der Waals surface area contributed by atoms with Crippen molar-refractivity contribution in [2.24, 2.45) is 0 Å². The van der Waals surface area contributed by atoms with Crippen LogP contribution in [0.25, 0.3) is 0 Å². The molecule has 0 saturated heterocycles.